The van der Waals surface area contributed by atoms with E-state index in [1.807, 2.05) is 0 Å². The summed E-state index contributed by atoms with van der Waals surface area (Å²) in [6.45, 7) is 0. The van der Waals surface area contributed by atoms with Gasteiger partial charge in [-0.1, -0.05) is 0 Å². The Balaban J connectivity index is 1.92. The summed E-state index contributed by atoms with van der Waals surface area (Å²) in [7, 11) is 0. The van der Waals surface area contributed by atoms with Crippen LogP contribution in [0.5, 0.6) is 0 Å². The Hall–Kier alpha value is 0.323. The first-order valence-electron chi connectivity index (χ1n) is 4.59. The van der Waals surface area contributed by atoms with Crippen molar-refractivity contribution in [2.75, 3.05) is 0 Å². The molecule has 0 unspecified atom stereocenters. The number of hydrogen-bond acceptors (Lipinski definition) is 0. The van der Waals surface area contributed by atoms with Gasteiger partial charge in [0.2, 0.25) is 0 Å². The molecule has 0 aliphatic heterocycles. The molecule has 60 valence electrons. The standard InChI is InChI=1S/C6H4Br.C4H7.Zn/c7-6-4-2-1-3-5-6;1-4-2-3-4;/h1-2,4-5H;4H,1-3H2;. The van der Waals surface area contributed by atoms with E-state index in [0.717, 1.165) is 5.92 Å². The van der Waals surface area contributed by atoms with E-state index in [1.165, 1.54) is 17.3 Å². The van der Waals surface area contributed by atoms with E-state index in [4.69, 9.17) is 0 Å². The molecule has 0 saturated heterocycles. The van der Waals surface area contributed by atoms with Gasteiger partial charge < -0.3 is 0 Å². The van der Waals surface area contributed by atoms with Crippen molar-refractivity contribution in [1.82, 2.24) is 0 Å². The second kappa shape index (κ2) is 4.02. The number of benzene rings is 1. The van der Waals surface area contributed by atoms with Crippen molar-refractivity contribution in [2.24, 2.45) is 5.92 Å². The van der Waals surface area contributed by atoms with Crippen LogP contribution in [0, 0.1) is 5.92 Å². The van der Waals surface area contributed by atoms with Crippen LogP contribution in [0.15, 0.2) is 28.7 Å². The summed E-state index contributed by atoms with van der Waals surface area (Å²) in [5.41, 5.74) is 0. The first kappa shape index (κ1) is 8.90. The van der Waals surface area contributed by atoms with Gasteiger partial charge in [0.1, 0.15) is 0 Å². The van der Waals surface area contributed by atoms with Crippen molar-refractivity contribution in [3.63, 3.8) is 0 Å². The van der Waals surface area contributed by atoms with Gasteiger partial charge in [0, 0.05) is 0 Å². The predicted molar refractivity (Wildman–Crippen MR) is 51.3 cm³/mol. The third-order valence-electron chi connectivity index (χ3n) is 2.43. The Labute approximate surface area is 89.5 Å². The Morgan fingerprint density at radius 3 is 2.92 bits per heavy atom. The maximum absolute atomic E-state index is 3.51. The second-order valence-corrected chi connectivity index (χ2v) is 8.50. The van der Waals surface area contributed by atoms with E-state index in [9.17, 15) is 0 Å². The molecule has 1 fully saturated rings. The van der Waals surface area contributed by atoms with Crippen molar-refractivity contribution < 1.29 is 17.1 Å². The maximum atomic E-state index is 3.51. The van der Waals surface area contributed by atoms with Gasteiger partial charge in [-0.2, -0.15) is 0 Å². The van der Waals surface area contributed by atoms with Crippen molar-refractivity contribution >= 4 is 20.1 Å². The molecule has 0 spiro atoms. The van der Waals surface area contributed by atoms with Crippen LogP contribution in [0.3, 0.4) is 0 Å². The van der Waals surface area contributed by atoms with E-state index in [-0.39, 0.29) is 17.1 Å². The molecular weight excluding hydrogens is 265 g/mol. The second-order valence-electron chi connectivity index (χ2n) is 3.61. The van der Waals surface area contributed by atoms with E-state index < -0.39 is 0 Å². The average molecular weight is 276 g/mol. The summed E-state index contributed by atoms with van der Waals surface area (Å²) in [4.78, 5) is 0. The Kier molecular flexibility index (Phi) is 2.98. The molecule has 0 N–H and O–H groups in total. The molecule has 2 rings (SSSR count). The van der Waals surface area contributed by atoms with Crippen molar-refractivity contribution in [3.05, 3.63) is 28.7 Å². The quantitative estimate of drug-likeness (QED) is 0.745. The summed E-state index contributed by atoms with van der Waals surface area (Å²) in [6.07, 6.45) is 3.03. The van der Waals surface area contributed by atoms with Crippen molar-refractivity contribution in [1.29, 1.82) is 0 Å². The van der Waals surface area contributed by atoms with Gasteiger partial charge in [-0.05, 0) is 0 Å². The molecule has 2 heteroatoms. The minimum atomic E-state index is -0.368. The summed E-state index contributed by atoms with van der Waals surface area (Å²) < 4.78 is 2.91. The topological polar surface area (TPSA) is 0 Å². The van der Waals surface area contributed by atoms with Gasteiger partial charge >= 0.3 is 89.7 Å². The van der Waals surface area contributed by atoms with Gasteiger partial charge in [-0.25, -0.2) is 0 Å². The zero-order chi connectivity index (χ0) is 8.39. The fraction of sp³-hybridized carbons (Fsp3) is 0.400. The van der Waals surface area contributed by atoms with Crippen LogP contribution in [0.2, 0.25) is 5.02 Å². The molecular formula is C10H11BrZn. The fourth-order valence-corrected chi connectivity index (χ4v) is 6.71. The van der Waals surface area contributed by atoms with Crippen LogP contribution >= 0.6 is 15.9 Å². The van der Waals surface area contributed by atoms with Crippen LogP contribution in [-0.2, 0) is 17.1 Å². The molecule has 1 aliphatic carbocycles. The molecule has 0 radical (unpaired) electrons. The van der Waals surface area contributed by atoms with Crippen LogP contribution in [-0.4, -0.2) is 0 Å². The van der Waals surface area contributed by atoms with Crippen molar-refractivity contribution in [3.8, 4) is 0 Å². The Bertz CT molecular complexity index is 268. The molecule has 1 aliphatic rings. The average Bonchev–Trinajstić information content (AvgIpc) is 2.84. The summed E-state index contributed by atoms with van der Waals surface area (Å²) in [5, 5.41) is 1.57. The zero-order valence-electron chi connectivity index (χ0n) is 7.09. The van der Waals surface area contributed by atoms with Crippen LogP contribution in [0.4, 0.5) is 0 Å². The molecule has 1 saturated carbocycles. The van der Waals surface area contributed by atoms with Crippen LogP contribution < -0.4 is 4.16 Å². The first-order chi connectivity index (χ1) is 5.84. The molecule has 0 nitrogen and oxygen atoms in total. The zero-order valence-corrected chi connectivity index (χ0v) is 11.6. The summed E-state index contributed by atoms with van der Waals surface area (Å²) in [6, 6.07) is 8.88. The van der Waals surface area contributed by atoms with E-state index in [0.29, 0.717) is 0 Å². The van der Waals surface area contributed by atoms with Gasteiger partial charge in [0.15, 0.2) is 0 Å². The van der Waals surface area contributed by atoms with E-state index in [1.54, 1.807) is 9.17 Å². The monoisotopic (exact) mass is 274 g/mol. The molecule has 0 atom stereocenters. The number of hydrogen-bond donors (Lipinski definition) is 0. The minimum absolute atomic E-state index is 0.368. The predicted octanol–water partition coefficient (Wildman–Crippen LogP) is 2.99. The van der Waals surface area contributed by atoms with E-state index in [2.05, 4.69) is 40.2 Å². The molecule has 0 heterocycles. The Morgan fingerprint density at radius 2 is 2.25 bits per heavy atom. The van der Waals surface area contributed by atoms with E-state index >= 15 is 0 Å². The van der Waals surface area contributed by atoms with Crippen molar-refractivity contribution in [2.45, 2.75) is 17.9 Å². The van der Waals surface area contributed by atoms with Crippen LogP contribution in [0.25, 0.3) is 0 Å². The van der Waals surface area contributed by atoms with Gasteiger partial charge in [-0.3, -0.25) is 0 Å². The fourth-order valence-electron chi connectivity index (χ4n) is 1.47. The molecule has 0 amide bonds. The van der Waals surface area contributed by atoms with Gasteiger partial charge in [-0.15, -0.1) is 0 Å². The normalized spacial score (nSPS) is 15.8. The SMILES string of the molecule is Brc1ccc[c]([Zn][CH2]C2CC2)c1. The molecule has 1 aromatic rings. The molecule has 1 aromatic carbocycles. The van der Waals surface area contributed by atoms with Crippen LogP contribution in [0.1, 0.15) is 12.8 Å². The molecule has 12 heavy (non-hydrogen) atoms. The number of rotatable bonds is 3. The molecule has 0 bridgehead atoms. The summed E-state index contributed by atoms with van der Waals surface area (Å²) in [5.74, 6) is 1.13. The summed E-state index contributed by atoms with van der Waals surface area (Å²) >= 11 is 3.15. The third kappa shape index (κ3) is 2.67. The third-order valence-corrected chi connectivity index (χ3v) is 7.37. The Morgan fingerprint density at radius 1 is 1.42 bits per heavy atom. The van der Waals surface area contributed by atoms with Gasteiger partial charge in [0.05, 0.1) is 0 Å². The molecule has 0 aromatic heterocycles. The number of halogens is 1. The first-order valence-corrected chi connectivity index (χ1v) is 8.96. The van der Waals surface area contributed by atoms with Gasteiger partial charge in [0.25, 0.3) is 0 Å².